The molecule has 0 atom stereocenters. The van der Waals surface area contributed by atoms with Gasteiger partial charge in [0.2, 0.25) is 0 Å². The molecule has 8 heteroatoms. The van der Waals surface area contributed by atoms with E-state index in [0.29, 0.717) is 0 Å². The lowest BCUT2D eigenvalue weighted by Gasteiger charge is -2.25. The molecule has 4 aromatic carbocycles. The van der Waals surface area contributed by atoms with E-state index >= 15 is 0 Å². The van der Waals surface area contributed by atoms with Crippen molar-refractivity contribution >= 4 is 44.1 Å². The van der Waals surface area contributed by atoms with Crippen molar-refractivity contribution in [2.75, 3.05) is 0 Å². The van der Waals surface area contributed by atoms with Gasteiger partial charge in [-0.15, -0.1) is 0 Å². The Kier molecular flexibility index (Phi) is 11.7. The summed E-state index contributed by atoms with van der Waals surface area (Å²) in [5.74, 6) is 8.99. The SMILES string of the molecule is C1=CNB(C(=CC=C(B2C=CC=CN2)B2C=C(c3cccc(C(=CC=C(c4ccccc4)c4ccccc4)c4ccccc4)c3)C=CN2)B2C=CC=CN2)C=C1. The van der Waals surface area contributed by atoms with Crippen LogP contribution in [0, 0.1) is 0 Å². The van der Waals surface area contributed by atoms with E-state index < -0.39 is 0 Å². The molecule has 0 unspecified atom stereocenters. The van der Waals surface area contributed by atoms with Gasteiger partial charge in [0.05, 0.1) is 0 Å². The van der Waals surface area contributed by atoms with E-state index in [2.05, 4.69) is 215 Å². The summed E-state index contributed by atoms with van der Waals surface area (Å²) in [6.07, 6.45) is 31.9. The lowest BCUT2D eigenvalue weighted by Crippen LogP contribution is -2.45. The Labute approximate surface area is 333 Å². The van der Waals surface area contributed by atoms with E-state index in [0.717, 1.165) is 16.7 Å². The molecule has 56 heavy (non-hydrogen) atoms. The van der Waals surface area contributed by atoms with Crippen LogP contribution in [0.25, 0.3) is 16.7 Å². The molecule has 0 saturated heterocycles. The van der Waals surface area contributed by atoms with Crippen molar-refractivity contribution in [3.8, 4) is 0 Å². The van der Waals surface area contributed by atoms with Crippen molar-refractivity contribution in [3.63, 3.8) is 0 Å². The molecule has 0 aliphatic carbocycles. The van der Waals surface area contributed by atoms with Gasteiger partial charge < -0.3 is 20.9 Å². The minimum Gasteiger partial charge on any atom is -0.427 e. The molecule has 4 aliphatic heterocycles. The summed E-state index contributed by atoms with van der Waals surface area (Å²) >= 11 is 0. The van der Waals surface area contributed by atoms with Crippen LogP contribution in [0.4, 0.5) is 0 Å². The standard InChI is InChI=1S/C48H42B4N4/c1-4-17-39(18-5-1)45(40-19-6-2-7-20-40)25-26-46(41-21-8-3-9-22-41)43-24-16-23-42(37-43)44-29-36-56-52(38-44)48(51-32-12-15-35-55-51)28-27-47(49-30-10-13-33-53-49)50-31-11-14-34-54-50/h1-38,53-56H. The highest BCUT2D eigenvalue weighted by Gasteiger charge is 2.30. The molecule has 0 radical (unpaired) electrons. The molecule has 0 bridgehead atoms. The molecular weight excluding hydrogens is 676 g/mol. The van der Waals surface area contributed by atoms with E-state index in [9.17, 15) is 0 Å². The molecule has 0 fully saturated rings. The molecule has 4 aliphatic rings. The van der Waals surface area contributed by atoms with Crippen LogP contribution in [0.5, 0.6) is 0 Å². The van der Waals surface area contributed by atoms with Crippen LogP contribution in [0.2, 0.25) is 0 Å². The monoisotopic (exact) mass is 718 g/mol. The van der Waals surface area contributed by atoms with Crippen molar-refractivity contribution in [3.05, 3.63) is 269 Å². The normalized spacial score (nSPS) is 15.8. The average Bonchev–Trinajstić information content (AvgIpc) is 3.28. The van der Waals surface area contributed by atoms with Crippen LogP contribution in [-0.2, 0) is 0 Å². The average molecular weight is 718 g/mol. The van der Waals surface area contributed by atoms with Crippen LogP contribution in [0.15, 0.2) is 242 Å². The van der Waals surface area contributed by atoms with Gasteiger partial charge in [-0.3, -0.25) is 0 Å². The highest BCUT2D eigenvalue weighted by Crippen LogP contribution is 2.30. The van der Waals surface area contributed by atoms with Crippen LogP contribution >= 0.6 is 0 Å². The molecular formula is C48H42B4N4. The zero-order valence-electron chi connectivity index (χ0n) is 31.2. The number of hydrogen-bond donors (Lipinski definition) is 4. The van der Waals surface area contributed by atoms with Crippen molar-refractivity contribution < 1.29 is 0 Å². The van der Waals surface area contributed by atoms with Gasteiger partial charge in [-0.2, -0.15) is 0 Å². The molecule has 0 aromatic heterocycles. The first-order valence-electron chi connectivity index (χ1n) is 19.3. The summed E-state index contributed by atoms with van der Waals surface area (Å²) < 4.78 is 0. The molecule has 4 nitrogen and oxygen atoms in total. The second-order valence-electron chi connectivity index (χ2n) is 13.9. The molecule has 0 amide bonds. The molecule has 4 N–H and O–H groups in total. The van der Waals surface area contributed by atoms with Gasteiger partial charge in [-0.1, -0.05) is 186 Å². The molecule has 4 heterocycles. The van der Waals surface area contributed by atoms with E-state index in [-0.39, 0.29) is 27.4 Å². The fraction of sp³-hybridized carbons (Fsp3) is 0. The Bertz CT molecular complexity index is 2310. The smallest absolute Gasteiger partial charge is 0.302 e. The van der Waals surface area contributed by atoms with E-state index in [1.54, 1.807) is 0 Å². The van der Waals surface area contributed by atoms with Gasteiger partial charge >= 0.3 is 27.4 Å². The van der Waals surface area contributed by atoms with Crippen LogP contribution < -0.4 is 20.9 Å². The summed E-state index contributed by atoms with van der Waals surface area (Å²) in [5, 5.41) is 16.8. The first kappa shape index (κ1) is 36.2. The molecule has 0 saturated carbocycles. The Morgan fingerprint density at radius 3 is 1.29 bits per heavy atom. The number of benzene rings is 4. The largest absolute Gasteiger partial charge is 0.427 e. The lowest BCUT2D eigenvalue weighted by molar-refractivity contribution is 1.28. The summed E-state index contributed by atoms with van der Waals surface area (Å²) in [4.78, 5) is 0. The molecule has 4 aromatic rings. The van der Waals surface area contributed by atoms with Gasteiger partial charge in [-0.25, -0.2) is 0 Å². The van der Waals surface area contributed by atoms with Crippen LogP contribution in [-0.4, -0.2) is 27.4 Å². The first-order valence-corrected chi connectivity index (χ1v) is 19.3. The quantitative estimate of drug-likeness (QED) is 0.0925. The second-order valence-corrected chi connectivity index (χ2v) is 13.9. The fourth-order valence-corrected chi connectivity index (χ4v) is 7.47. The number of hydrogen-bond acceptors (Lipinski definition) is 4. The van der Waals surface area contributed by atoms with Gasteiger partial charge in [0.1, 0.15) is 0 Å². The predicted molar refractivity (Wildman–Crippen MR) is 244 cm³/mol. The summed E-state index contributed by atoms with van der Waals surface area (Å²) in [6, 6.07) is 40.9. The minimum atomic E-state index is -0.0410. The van der Waals surface area contributed by atoms with E-state index in [1.165, 1.54) is 38.6 Å². The third-order valence-electron chi connectivity index (χ3n) is 10.3. The van der Waals surface area contributed by atoms with Crippen molar-refractivity contribution in [2.45, 2.75) is 0 Å². The maximum atomic E-state index is 3.67. The Balaban J connectivity index is 1.17. The maximum Gasteiger partial charge on any atom is 0.302 e. The van der Waals surface area contributed by atoms with Crippen molar-refractivity contribution in [2.24, 2.45) is 0 Å². The van der Waals surface area contributed by atoms with Gasteiger partial charge in [0, 0.05) is 0 Å². The van der Waals surface area contributed by atoms with Crippen LogP contribution in [0.3, 0.4) is 0 Å². The number of nitrogens with one attached hydrogen (secondary N) is 4. The predicted octanol–water partition coefficient (Wildman–Crippen LogP) is 8.90. The van der Waals surface area contributed by atoms with E-state index in [1.807, 2.05) is 36.8 Å². The maximum absolute atomic E-state index is 3.67. The van der Waals surface area contributed by atoms with Crippen molar-refractivity contribution in [1.29, 1.82) is 0 Å². The topological polar surface area (TPSA) is 48.1 Å². The third-order valence-corrected chi connectivity index (χ3v) is 10.3. The summed E-state index contributed by atoms with van der Waals surface area (Å²) in [5.41, 5.74) is 9.36. The molecule has 0 spiro atoms. The van der Waals surface area contributed by atoms with Crippen LogP contribution in [0.1, 0.15) is 27.8 Å². The first-order chi connectivity index (χ1) is 27.8. The third kappa shape index (κ3) is 8.77. The highest BCUT2D eigenvalue weighted by molar-refractivity contribution is 6.93. The molecule has 8 rings (SSSR count). The summed E-state index contributed by atoms with van der Waals surface area (Å²) in [7, 11) is 0. The Morgan fingerprint density at radius 2 is 0.821 bits per heavy atom. The zero-order chi connectivity index (χ0) is 37.8. The summed E-state index contributed by atoms with van der Waals surface area (Å²) in [6.45, 7) is 0.137. The number of allylic oxidation sites excluding steroid dienone is 12. The zero-order valence-corrected chi connectivity index (χ0v) is 31.2. The van der Waals surface area contributed by atoms with E-state index in [4.69, 9.17) is 0 Å². The number of rotatable bonds is 11. The van der Waals surface area contributed by atoms with Gasteiger partial charge in [-0.05, 0) is 99.7 Å². The Morgan fingerprint density at radius 1 is 0.393 bits per heavy atom. The minimum absolute atomic E-state index is 0.0256. The van der Waals surface area contributed by atoms with Gasteiger partial charge in [0.15, 0.2) is 0 Å². The lowest BCUT2D eigenvalue weighted by atomic mass is 9.33. The second kappa shape index (κ2) is 18.0. The van der Waals surface area contributed by atoms with Crippen molar-refractivity contribution in [1.82, 2.24) is 20.9 Å². The highest BCUT2D eigenvalue weighted by atomic mass is 14.8. The fourth-order valence-electron chi connectivity index (χ4n) is 7.47. The Hall–Kier alpha value is -6.78. The van der Waals surface area contributed by atoms with Gasteiger partial charge in [0.25, 0.3) is 0 Å². The molecule has 266 valence electrons.